The van der Waals surface area contributed by atoms with Gasteiger partial charge in [0.05, 0.1) is 22.8 Å². The van der Waals surface area contributed by atoms with E-state index >= 15 is 0 Å². The number of halogens is 2. The second kappa shape index (κ2) is 14.0. The first-order valence-corrected chi connectivity index (χ1v) is 12.5. The van der Waals surface area contributed by atoms with Gasteiger partial charge >= 0.3 is 6.61 Å². The van der Waals surface area contributed by atoms with Crippen LogP contribution in [0.25, 0.3) is 11.3 Å². The first kappa shape index (κ1) is 30.0. The molecule has 1 aromatic heterocycles. The standard InChI is InChI=1S/C28H34F2N8O2/c1-6-27(39)36-22-13-23(25(40-28(29)30)15-24(22)38(5)11-10-37(3)4)35-26-14-21(33-17-34-26)18-8-9-20(32-7-2)19(12-18)16-31/h6,8-9,12-17,28,31-32H,1,7,10-11H2,2-5H3,(H,36,39)(H,33,34,35). The highest BCUT2D eigenvalue weighted by atomic mass is 19.3. The number of nitrogens with zero attached hydrogens (tertiary/aromatic N) is 4. The molecule has 3 aromatic rings. The average Bonchev–Trinajstić information content (AvgIpc) is 2.93. The molecule has 0 saturated carbocycles. The Hall–Kier alpha value is -4.58. The van der Waals surface area contributed by atoms with Crippen LogP contribution < -0.4 is 25.6 Å². The Balaban J connectivity index is 2.03. The summed E-state index contributed by atoms with van der Waals surface area (Å²) in [5, 5.41) is 16.7. The molecule has 0 spiro atoms. The topological polar surface area (TPSA) is 118 Å². The van der Waals surface area contributed by atoms with Crippen molar-refractivity contribution in [2.24, 2.45) is 0 Å². The lowest BCUT2D eigenvalue weighted by Gasteiger charge is -2.26. The predicted octanol–water partition coefficient (Wildman–Crippen LogP) is 5.04. The van der Waals surface area contributed by atoms with E-state index in [4.69, 9.17) is 10.1 Å². The van der Waals surface area contributed by atoms with E-state index in [-0.39, 0.29) is 11.4 Å². The molecule has 4 N–H and O–H groups in total. The number of rotatable bonds is 14. The van der Waals surface area contributed by atoms with Gasteiger partial charge < -0.3 is 35.9 Å². The zero-order valence-electron chi connectivity index (χ0n) is 23.0. The summed E-state index contributed by atoms with van der Waals surface area (Å²) in [4.78, 5) is 24.6. The molecule has 0 atom stereocenters. The molecular formula is C28H34F2N8O2. The van der Waals surface area contributed by atoms with E-state index in [1.54, 1.807) is 13.1 Å². The number of anilines is 5. The highest BCUT2D eigenvalue weighted by molar-refractivity contribution is 6.02. The minimum absolute atomic E-state index is 0.125. The summed E-state index contributed by atoms with van der Waals surface area (Å²) in [6, 6.07) is 10.2. The van der Waals surface area contributed by atoms with E-state index in [2.05, 4.69) is 32.5 Å². The lowest BCUT2D eigenvalue weighted by molar-refractivity contribution is -0.111. The first-order valence-electron chi connectivity index (χ1n) is 12.5. The van der Waals surface area contributed by atoms with E-state index in [1.807, 2.05) is 49.0 Å². The quantitative estimate of drug-likeness (QED) is 0.162. The fourth-order valence-electron chi connectivity index (χ4n) is 3.84. The third-order valence-corrected chi connectivity index (χ3v) is 5.85. The van der Waals surface area contributed by atoms with Gasteiger partial charge in [-0.3, -0.25) is 4.79 Å². The van der Waals surface area contributed by atoms with Gasteiger partial charge in [-0.15, -0.1) is 0 Å². The Bertz CT molecular complexity index is 1350. The molecule has 0 bridgehead atoms. The number of aromatic nitrogens is 2. The van der Waals surface area contributed by atoms with Crippen molar-refractivity contribution in [1.29, 1.82) is 5.41 Å². The normalized spacial score (nSPS) is 10.8. The molecule has 1 heterocycles. The maximum atomic E-state index is 13.4. The van der Waals surface area contributed by atoms with Crippen molar-refractivity contribution in [3.05, 3.63) is 60.9 Å². The van der Waals surface area contributed by atoms with Gasteiger partial charge in [0.15, 0.2) is 5.75 Å². The minimum Gasteiger partial charge on any atom is -0.433 e. The SMILES string of the molecule is C=CC(=O)Nc1cc(Nc2cc(-c3ccc(NCC)c(C=N)c3)ncn2)c(OC(F)F)cc1N(C)CCN(C)C. The lowest BCUT2D eigenvalue weighted by atomic mass is 10.1. The van der Waals surface area contributed by atoms with Gasteiger partial charge in [-0.25, -0.2) is 9.97 Å². The molecule has 10 nitrogen and oxygen atoms in total. The largest absolute Gasteiger partial charge is 0.433 e. The number of hydrogen-bond acceptors (Lipinski definition) is 9. The summed E-state index contributed by atoms with van der Waals surface area (Å²) in [6.45, 7) is 4.35. The van der Waals surface area contributed by atoms with Crippen molar-refractivity contribution in [2.45, 2.75) is 13.5 Å². The molecule has 0 aliphatic carbocycles. The number of carbonyl (C=O) groups is 1. The van der Waals surface area contributed by atoms with Gasteiger partial charge in [0.25, 0.3) is 0 Å². The van der Waals surface area contributed by atoms with Crippen LogP contribution in [0.15, 0.2) is 55.4 Å². The molecule has 0 aliphatic rings. The van der Waals surface area contributed by atoms with E-state index in [1.165, 1.54) is 24.7 Å². The van der Waals surface area contributed by atoms with Crippen LogP contribution >= 0.6 is 0 Å². The van der Waals surface area contributed by atoms with Crippen LogP contribution in [-0.2, 0) is 4.79 Å². The molecule has 3 rings (SSSR count). The van der Waals surface area contributed by atoms with Crippen LogP contribution in [0, 0.1) is 5.41 Å². The van der Waals surface area contributed by atoms with Crippen LogP contribution in [0.3, 0.4) is 0 Å². The molecule has 1 amide bonds. The Morgan fingerprint density at radius 1 is 1.10 bits per heavy atom. The van der Waals surface area contributed by atoms with E-state index in [9.17, 15) is 13.6 Å². The molecule has 0 fully saturated rings. The number of carbonyl (C=O) groups excluding carboxylic acids is 1. The summed E-state index contributed by atoms with van der Waals surface area (Å²) in [5.74, 6) is -0.270. The van der Waals surface area contributed by atoms with Gasteiger partial charge in [-0.1, -0.05) is 12.6 Å². The van der Waals surface area contributed by atoms with Crippen molar-refractivity contribution in [3.8, 4) is 17.0 Å². The van der Waals surface area contributed by atoms with Gasteiger partial charge in [0, 0.05) is 61.8 Å². The van der Waals surface area contributed by atoms with Crippen molar-refractivity contribution >= 4 is 40.7 Å². The van der Waals surface area contributed by atoms with Gasteiger partial charge in [0.1, 0.15) is 12.1 Å². The Kier molecular flexibility index (Phi) is 10.5. The maximum Gasteiger partial charge on any atom is 0.387 e. The van der Waals surface area contributed by atoms with Crippen molar-refractivity contribution < 1.29 is 18.3 Å². The van der Waals surface area contributed by atoms with Crippen molar-refractivity contribution in [2.75, 3.05) is 61.6 Å². The fourth-order valence-corrected chi connectivity index (χ4v) is 3.84. The number of amides is 1. The number of likely N-dealkylation sites (N-methyl/N-ethyl adjacent to an activating group) is 2. The Labute approximate surface area is 232 Å². The first-order chi connectivity index (χ1) is 19.1. The highest BCUT2D eigenvalue weighted by Crippen LogP contribution is 2.39. The predicted molar refractivity (Wildman–Crippen MR) is 157 cm³/mol. The number of ether oxygens (including phenoxy) is 1. The summed E-state index contributed by atoms with van der Waals surface area (Å²) < 4.78 is 31.7. The summed E-state index contributed by atoms with van der Waals surface area (Å²) >= 11 is 0. The van der Waals surface area contributed by atoms with Gasteiger partial charge in [-0.05, 0) is 45.3 Å². The minimum atomic E-state index is -3.08. The third kappa shape index (κ3) is 7.96. The van der Waals surface area contributed by atoms with Crippen molar-refractivity contribution in [1.82, 2.24) is 14.9 Å². The molecule has 12 heteroatoms. The van der Waals surface area contributed by atoms with E-state index in [0.29, 0.717) is 48.1 Å². The summed E-state index contributed by atoms with van der Waals surface area (Å²) in [7, 11) is 5.64. The number of hydrogen-bond donors (Lipinski definition) is 4. The smallest absolute Gasteiger partial charge is 0.387 e. The fraction of sp³-hybridized carbons (Fsp3) is 0.286. The Morgan fingerprint density at radius 2 is 1.88 bits per heavy atom. The number of nitrogens with one attached hydrogen (secondary N) is 4. The summed E-state index contributed by atoms with van der Waals surface area (Å²) in [5.41, 5.74) is 3.84. The van der Waals surface area contributed by atoms with Gasteiger partial charge in [-0.2, -0.15) is 8.78 Å². The molecule has 0 saturated heterocycles. The molecule has 2 aromatic carbocycles. The van der Waals surface area contributed by atoms with Crippen LogP contribution in [-0.4, -0.2) is 74.4 Å². The number of benzene rings is 2. The number of alkyl halides is 2. The maximum absolute atomic E-state index is 13.4. The Morgan fingerprint density at radius 3 is 2.52 bits per heavy atom. The highest BCUT2D eigenvalue weighted by Gasteiger charge is 2.19. The second-order valence-electron chi connectivity index (χ2n) is 9.05. The third-order valence-electron chi connectivity index (χ3n) is 5.85. The zero-order valence-corrected chi connectivity index (χ0v) is 23.0. The molecule has 40 heavy (non-hydrogen) atoms. The van der Waals surface area contributed by atoms with Crippen LogP contribution in [0.4, 0.5) is 37.3 Å². The molecule has 0 aliphatic heterocycles. The molecule has 0 unspecified atom stereocenters. The summed E-state index contributed by atoms with van der Waals surface area (Å²) in [6.07, 6.45) is 3.73. The zero-order chi connectivity index (χ0) is 29.2. The van der Waals surface area contributed by atoms with Gasteiger partial charge in [0.2, 0.25) is 5.91 Å². The second-order valence-corrected chi connectivity index (χ2v) is 9.05. The molecular weight excluding hydrogens is 518 g/mol. The van der Waals surface area contributed by atoms with E-state index in [0.717, 1.165) is 17.3 Å². The van der Waals surface area contributed by atoms with E-state index < -0.39 is 12.5 Å². The van der Waals surface area contributed by atoms with Crippen LogP contribution in [0.1, 0.15) is 12.5 Å². The molecule has 212 valence electrons. The lowest BCUT2D eigenvalue weighted by Crippen LogP contribution is -2.29. The van der Waals surface area contributed by atoms with Crippen LogP contribution in [0.2, 0.25) is 0 Å². The monoisotopic (exact) mass is 552 g/mol. The molecule has 0 radical (unpaired) electrons. The average molecular weight is 553 g/mol. The van der Waals surface area contributed by atoms with Crippen molar-refractivity contribution in [3.63, 3.8) is 0 Å². The van der Waals surface area contributed by atoms with Crippen LogP contribution in [0.5, 0.6) is 5.75 Å².